The topological polar surface area (TPSA) is 76.8 Å². The van der Waals surface area contributed by atoms with E-state index in [1.54, 1.807) is 30.0 Å². The summed E-state index contributed by atoms with van der Waals surface area (Å²) in [6, 6.07) is 10.1. The lowest BCUT2D eigenvalue weighted by Gasteiger charge is -2.43. The molecule has 2 fully saturated rings. The van der Waals surface area contributed by atoms with E-state index in [2.05, 4.69) is 0 Å². The molecule has 1 saturated carbocycles. The van der Waals surface area contributed by atoms with Crippen LogP contribution >= 0.6 is 24.0 Å². The molecule has 35 heavy (non-hydrogen) atoms. The van der Waals surface area contributed by atoms with Gasteiger partial charge in [-0.3, -0.25) is 9.69 Å². The van der Waals surface area contributed by atoms with Crippen molar-refractivity contribution in [3.63, 3.8) is 0 Å². The van der Waals surface area contributed by atoms with Crippen molar-refractivity contribution in [1.82, 2.24) is 0 Å². The minimum atomic E-state index is -4.75. The molecule has 2 atom stereocenters. The Labute approximate surface area is 209 Å². The van der Waals surface area contributed by atoms with Crippen LogP contribution in [-0.4, -0.2) is 39.6 Å². The number of anilines is 2. The fourth-order valence-corrected chi connectivity index (χ4v) is 6.29. The van der Waals surface area contributed by atoms with Crippen LogP contribution in [-0.2, 0) is 11.0 Å². The fraction of sp³-hybridized carbons (Fsp3) is 0.375. The minimum Gasteiger partial charge on any atom is -0.486 e. The molecule has 1 spiro atoms. The van der Waals surface area contributed by atoms with Crippen LogP contribution in [0.15, 0.2) is 41.3 Å². The molecule has 5 rings (SSSR count). The zero-order valence-corrected chi connectivity index (χ0v) is 20.1. The van der Waals surface area contributed by atoms with Crippen molar-refractivity contribution in [1.29, 1.82) is 5.26 Å². The number of thioether (sulfide) groups is 1. The number of nitriles is 1. The van der Waals surface area contributed by atoms with E-state index in [1.807, 2.05) is 6.07 Å². The second-order valence-corrected chi connectivity index (χ2v) is 10.2. The highest BCUT2D eigenvalue weighted by molar-refractivity contribution is 7.99. The smallest absolute Gasteiger partial charge is 0.417 e. The third-order valence-electron chi connectivity index (χ3n) is 6.68. The van der Waals surface area contributed by atoms with Gasteiger partial charge in [0.15, 0.2) is 5.11 Å². The number of thiocarbonyl (C=S) groups is 1. The summed E-state index contributed by atoms with van der Waals surface area (Å²) in [5.41, 5.74) is -1.95. The molecule has 2 heterocycles. The van der Waals surface area contributed by atoms with E-state index < -0.39 is 28.9 Å². The molecule has 11 heteroatoms. The van der Waals surface area contributed by atoms with Gasteiger partial charge in [-0.2, -0.15) is 18.4 Å². The van der Waals surface area contributed by atoms with Crippen molar-refractivity contribution in [2.75, 3.05) is 15.6 Å². The molecule has 1 aliphatic carbocycles. The third-order valence-corrected chi connectivity index (χ3v) is 8.18. The van der Waals surface area contributed by atoms with Gasteiger partial charge >= 0.3 is 6.18 Å². The zero-order chi connectivity index (χ0) is 25.1. The largest absolute Gasteiger partial charge is 0.486 e. The molecule has 3 aliphatic rings. The van der Waals surface area contributed by atoms with E-state index in [0.717, 1.165) is 28.3 Å². The van der Waals surface area contributed by atoms with Gasteiger partial charge in [-0.1, -0.05) is 0 Å². The summed E-state index contributed by atoms with van der Waals surface area (Å²) in [6.45, 7) is 1.67. The van der Waals surface area contributed by atoms with E-state index in [0.29, 0.717) is 30.0 Å². The maximum Gasteiger partial charge on any atom is 0.417 e. The van der Waals surface area contributed by atoms with Crippen LogP contribution in [0.25, 0.3) is 0 Å². The van der Waals surface area contributed by atoms with Crippen molar-refractivity contribution >= 4 is 46.4 Å². The normalized spacial score (nSPS) is 21.9. The molecule has 1 saturated heterocycles. The van der Waals surface area contributed by atoms with Gasteiger partial charge in [0.25, 0.3) is 5.91 Å². The van der Waals surface area contributed by atoms with Gasteiger partial charge in [-0.15, -0.1) is 11.8 Å². The number of fused-ring (bicyclic) bond motifs is 1. The van der Waals surface area contributed by atoms with E-state index in [4.69, 9.17) is 22.2 Å². The molecule has 6 nitrogen and oxygen atoms in total. The first-order valence-electron chi connectivity index (χ1n) is 11.0. The van der Waals surface area contributed by atoms with Crippen molar-refractivity contribution in [2.45, 2.75) is 55.0 Å². The number of nitrogens with zero attached hydrogens (tertiary/aromatic N) is 3. The molecule has 2 aromatic carbocycles. The van der Waals surface area contributed by atoms with E-state index in [9.17, 15) is 23.1 Å². The van der Waals surface area contributed by atoms with Gasteiger partial charge < -0.3 is 14.7 Å². The number of benzene rings is 2. The average Bonchev–Trinajstić information content (AvgIpc) is 3.04. The monoisotopic (exact) mass is 519 g/mol. The summed E-state index contributed by atoms with van der Waals surface area (Å²) in [7, 11) is 0. The zero-order valence-electron chi connectivity index (χ0n) is 18.5. The summed E-state index contributed by atoms with van der Waals surface area (Å²) < 4.78 is 46.6. The second-order valence-electron chi connectivity index (χ2n) is 8.82. The van der Waals surface area contributed by atoms with Crippen LogP contribution in [0, 0.1) is 11.3 Å². The Hall–Kier alpha value is -2.81. The Morgan fingerprint density at radius 1 is 1.26 bits per heavy atom. The number of hydrogen-bond donors (Lipinski definition) is 1. The van der Waals surface area contributed by atoms with Crippen LogP contribution in [0.5, 0.6) is 5.75 Å². The quantitative estimate of drug-likeness (QED) is 0.580. The maximum atomic E-state index is 13.6. The summed E-state index contributed by atoms with van der Waals surface area (Å²) in [5, 5.41) is 19.1. The van der Waals surface area contributed by atoms with Crippen LogP contribution in [0.1, 0.15) is 37.3 Å². The molecule has 0 aromatic heterocycles. The Bertz CT molecular complexity index is 1270. The van der Waals surface area contributed by atoms with Crippen LogP contribution < -0.4 is 14.5 Å². The SMILES string of the molecule is C[C@H](O)[C@H]1CSc2cc(N3C(=S)N(c4ccc(C#N)c(C(F)(F)F)c4)C(=O)C34CCC4)ccc2O1. The molecule has 1 amide bonds. The Morgan fingerprint density at radius 3 is 2.57 bits per heavy atom. The molecule has 0 bridgehead atoms. The number of ether oxygens (including phenoxy) is 1. The summed E-state index contributed by atoms with van der Waals surface area (Å²) >= 11 is 7.19. The molecular weight excluding hydrogens is 499 g/mol. The molecular formula is C24H20F3N3O3S2. The number of amides is 1. The number of alkyl halides is 3. The average molecular weight is 520 g/mol. The lowest BCUT2D eigenvalue weighted by Crippen LogP contribution is -2.55. The van der Waals surface area contributed by atoms with Crippen molar-refractivity contribution in [2.24, 2.45) is 0 Å². The van der Waals surface area contributed by atoms with Crippen LogP contribution in [0.3, 0.4) is 0 Å². The summed E-state index contributed by atoms with van der Waals surface area (Å²) in [6.07, 6.45) is -3.87. The van der Waals surface area contributed by atoms with Gasteiger partial charge in [-0.05, 0) is 74.8 Å². The number of aliphatic hydroxyl groups is 1. The van der Waals surface area contributed by atoms with Gasteiger partial charge in [-0.25, -0.2) is 0 Å². The van der Waals surface area contributed by atoms with E-state index >= 15 is 0 Å². The number of carbonyl (C=O) groups is 1. The van der Waals surface area contributed by atoms with Gasteiger partial charge in [0.2, 0.25) is 0 Å². The molecule has 0 unspecified atom stereocenters. The highest BCUT2D eigenvalue weighted by atomic mass is 32.2. The van der Waals surface area contributed by atoms with E-state index in [1.165, 1.54) is 17.8 Å². The molecule has 0 radical (unpaired) electrons. The van der Waals surface area contributed by atoms with Gasteiger partial charge in [0.1, 0.15) is 17.4 Å². The minimum absolute atomic E-state index is 0.0180. The van der Waals surface area contributed by atoms with E-state index in [-0.39, 0.29) is 22.8 Å². The van der Waals surface area contributed by atoms with Crippen LogP contribution in [0.2, 0.25) is 0 Å². The predicted molar refractivity (Wildman–Crippen MR) is 129 cm³/mol. The highest BCUT2D eigenvalue weighted by Crippen LogP contribution is 2.50. The summed E-state index contributed by atoms with van der Waals surface area (Å²) in [5.74, 6) is 0.802. The first-order chi connectivity index (χ1) is 16.6. The fourth-order valence-electron chi connectivity index (χ4n) is 4.66. The maximum absolute atomic E-state index is 13.6. The number of hydrogen-bond acceptors (Lipinski definition) is 6. The predicted octanol–water partition coefficient (Wildman–Crippen LogP) is 4.87. The van der Waals surface area contributed by atoms with Crippen molar-refractivity contribution in [3.8, 4) is 11.8 Å². The van der Waals surface area contributed by atoms with Crippen molar-refractivity contribution < 1.29 is 27.8 Å². The third kappa shape index (κ3) is 3.75. The Kier molecular flexibility index (Phi) is 5.74. The molecule has 2 aromatic rings. The molecule has 2 aliphatic heterocycles. The highest BCUT2D eigenvalue weighted by Gasteiger charge is 2.59. The first-order valence-corrected chi connectivity index (χ1v) is 12.4. The van der Waals surface area contributed by atoms with Crippen LogP contribution in [0.4, 0.5) is 24.5 Å². The Balaban J connectivity index is 1.54. The number of carbonyl (C=O) groups excluding carboxylic acids is 1. The Morgan fingerprint density at radius 2 is 1.97 bits per heavy atom. The number of aliphatic hydroxyl groups excluding tert-OH is 1. The van der Waals surface area contributed by atoms with Gasteiger partial charge in [0, 0.05) is 11.4 Å². The number of halogens is 3. The molecule has 182 valence electrons. The first kappa shape index (κ1) is 23.9. The second kappa shape index (κ2) is 8.40. The van der Waals surface area contributed by atoms with Crippen molar-refractivity contribution in [3.05, 3.63) is 47.5 Å². The lowest BCUT2D eigenvalue weighted by atomic mass is 9.75. The standard InChI is InChI=1S/C24H20F3N3O3S2/c1-13(31)19-12-35-20-10-16(5-6-18(20)33-19)30-22(34)29(21(32)23(30)7-2-8-23)15-4-3-14(11-28)17(9-15)24(25,26)27/h3-6,9-10,13,19,31H,2,7-8,12H2,1H3/t13-,19+/m0/s1. The number of rotatable bonds is 3. The lowest BCUT2D eigenvalue weighted by molar-refractivity contribution is -0.137. The molecule has 1 N–H and O–H groups in total. The summed E-state index contributed by atoms with van der Waals surface area (Å²) in [4.78, 5) is 17.3. The van der Waals surface area contributed by atoms with Gasteiger partial charge in [0.05, 0.1) is 33.9 Å².